The molecule has 0 aromatic carbocycles. The number of imide groups is 1. The van der Waals surface area contributed by atoms with Gasteiger partial charge in [0.2, 0.25) is 5.91 Å². The van der Waals surface area contributed by atoms with Crippen LogP contribution in [0.5, 0.6) is 0 Å². The van der Waals surface area contributed by atoms with E-state index in [9.17, 15) is 14.4 Å². The molecular formula is C26H32N6O3. The summed E-state index contributed by atoms with van der Waals surface area (Å²) in [4.78, 5) is 40.9. The first-order valence-corrected chi connectivity index (χ1v) is 13.0. The van der Waals surface area contributed by atoms with Crippen molar-refractivity contribution in [3.8, 4) is 0 Å². The lowest BCUT2D eigenvalue weighted by Crippen LogP contribution is -2.30. The molecule has 2 amide bonds. The fourth-order valence-corrected chi connectivity index (χ4v) is 5.41. The molecule has 4 fully saturated rings. The first kappa shape index (κ1) is 22.2. The lowest BCUT2D eigenvalue weighted by molar-refractivity contribution is -0.126. The molecule has 0 unspecified atom stereocenters. The number of nitrogens with zero attached hydrogens (tertiary/aromatic N) is 3. The number of ketones is 1. The maximum absolute atomic E-state index is 12.4. The summed E-state index contributed by atoms with van der Waals surface area (Å²) in [7, 11) is 0. The van der Waals surface area contributed by atoms with E-state index in [0.717, 1.165) is 69.4 Å². The summed E-state index contributed by atoms with van der Waals surface area (Å²) in [6.45, 7) is 0. The third-order valence-electron chi connectivity index (χ3n) is 7.90. The predicted octanol–water partition coefficient (Wildman–Crippen LogP) is 3.46. The second kappa shape index (κ2) is 9.09. The van der Waals surface area contributed by atoms with Crippen LogP contribution in [-0.4, -0.2) is 44.3 Å². The lowest BCUT2D eigenvalue weighted by Gasteiger charge is -2.31. The molecule has 1 saturated heterocycles. The van der Waals surface area contributed by atoms with Gasteiger partial charge in [-0.1, -0.05) is 6.42 Å². The number of amides is 2. The fourth-order valence-electron chi connectivity index (χ4n) is 5.41. The summed E-state index contributed by atoms with van der Waals surface area (Å²) < 4.78 is 1.77. The molecule has 6 rings (SSSR count). The van der Waals surface area contributed by atoms with Crippen LogP contribution in [0.25, 0.3) is 11.7 Å². The summed E-state index contributed by atoms with van der Waals surface area (Å²) in [5.41, 5.74) is 1.79. The van der Waals surface area contributed by atoms with E-state index in [2.05, 4.69) is 21.0 Å². The van der Waals surface area contributed by atoms with Crippen LogP contribution < -0.4 is 16.0 Å². The van der Waals surface area contributed by atoms with Gasteiger partial charge in [-0.25, -0.2) is 4.98 Å². The van der Waals surface area contributed by atoms with Gasteiger partial charge in [0.25, 0.3) is 5.91 Å². The number of anilines is 2. The zero-order valence-corrected chi connectivity index (χ0v) is 19.9. The van der Waals surface area contributed by atoms with Gasteiger partial charge in [0, 0.05) is 41.6 Å². The monoisotopic (exact) mass is 476 g/mol. The smallest absolute Gasteiger partial charge is 0.254 e. The standard InChI is InChI=1S/C26H32N6O3/c33-21(16-2-1-3-16)10-15-4-6-19(7-5-15)28-22-13-23(29-20-8-9-20)32-25(30-22)18(14-27-32)11-17-12-24(34)31-26(17)35/h11,13-16,19-20,29H,1-10,12H2,(H,28,30)(H,31,34,35)/b17-11+. The molecule has 184 valence electrons. The van der Waals surface area contributed by atoms with Gasteiger partial charge in [-0.05, 0) is 63.4 Å². The quantitative estimate of drug-likeness (QED) is 0.394. The third-order valence-corrected chi connectivity index (χ3v) is 7.90. The fraction of sp³-hybridized carbons (Fsp3) is 0.577. The number of carbonyl (C=O) groups is 3. The van der Waals surface area contributed by atoms with Crippen LogP contribution in [0.15, 0.2) is 17.8 Å². The number of hydrogen-bond acceptors (Lipinski definition) is 7. The molecule has 3 aliphatic carbocycles. The van der Waals surface area contributed by atoms with Crippen LogP contribution >= 0.6 is 0 Å². The molecule has 2 aromatic heterocycles. The van der Waals surface area contributed by atoms with Crippen LogP contribution in [0.2, 0.25) is 0 Å². The number of rotatable bonds is 8. The van der Waals surface area contributed by atoms with Crippen molar-refractivity contribution in [3.05, 3.63) is 23.4 Å². The van der Waals surface area contributed by atoms with Gasteiger partial charge < -0.3 is 10.6 Å². The summed E-state index contributed by atoms with van der Waals surface area (Å²) in [6.07, 6.45) is 14.1. The molecule has 3 heterocycles. The van der Waals surface area contributed by atoms with E-state index in [1.165, 1.54) is 6.42 Å². The van der Waals surface area contributed by atoms with Crippen LogP contribution in [0.1, 0.15) is 76.2 Å². The van der Waals surface area contributed by atoms with Crippen molar-refractivity contribution in [3.63, 3.8) is 0 Å². The number of nitrogens with one attached hydrogen (secondary N) is 3. The zero-order valence-electron chi connectivity index (χ0n) is 19.9. The Hall–Kier alpha value is -3.23. The third kappa shape index (κ3) is 4.81. The largest absolute Gasteiger partial charge is 0.367 e. The Morgan fingerprint density at radius 1 is 1.06 bits per heavy atom. The number of hydrogen-bond donors (Lipinski definition) is 3. The summed E-state index contributed by atoms with van der Waals surface area (Å²) in [5.74, 6) is 2.35. The van der Waals surface area contributed by atoms with E-state index in [-0.39, 0.29) is 18.2 Å². The van der Waals surface area contributed by atoms with E-state index < -0.39 is 0 Å². The average Bonchev–Trinajstić information content (AvgIpc) is 3.42. The second-order valence-electron chi connectivity index (χ2n) is 10.7. The van der Waals surface area contributed by atoms with Gasteiger partial charge >= 0.3 is 0 Å². The van der Waals surface area contributed by atoms with Gasteiger partial charge in [-0.3, -0.25) is 19.7 Å². The van der Waals surface area contributed by atoms with E-state index in [1.807, 2.05) is 6.07 Å². The highest BCUT2D eigenvalue weighted by Crippen LogP contribution is 2.34. The zero-order chi connectivity index (χ0) is 23.9. The van der Waals surface area contributed by atoms with Crippen molar-refractivity contribution in [2.24, 2.45) is 11.8 Å². The van der Waals surface area contributed by atoms with E-state index in [4.69, 9.17) is 4.98 Å². The number of fused-ring (bicyclic) bond motifs is 1. The Bertz CT molecular complexity index is 1200. The maximum atomic E-state index is 12.4. The SMILES string of the molecule is O=C1C/C(=C\c2cnn3c(NC4CC4)cc(NC4CCC(CC(=O)C5CCC5)CC4)nc23)C(=O)N1. The van der Waals surface area contributed by atoms with E-state index >= 15 is 0 Å². The second-order valence-corrected chi connectivity index (χ2v) is 10.7. The summed E-state index contributed by atoms with van der Waals surface area (Å²) in [6, 6.07) is 2.77. The highest BCUT2D eigenvalue weighted by molar-refractivity contribution is 6.15. The molecule has 35 heavy (non-hydrogen) atoms. The Labute approximate surface area is 204 Å². The molecule has 1 aliphatic heterocycles. The van der Waals surface area contributed by atoms with Crippen LogP contribution in [-0.2, 0) is 14.4 Å². The van der Waals surface area contributed by atoms with Crippen molar-refractivity contribution in [1.82, 2.24) is 19.9 Å². The normalized spacial score (nSPS) is 26.1. The van der Waals surface area contributed by atoms with Crippen LogP contribution in [0.3, 0.4) is 0 Å². The highest BCUT2D eigenvalue weighted by Gasteiger charge is 2.30. The molecule has 9 nitrogen and oxygen atoms in total. The van der Waals surface area contributed by atoms with Gasteiger partial charge in [0.1, 0.15) is 17.4 Å². The Balaban J connectivity index is 1.18. The minimum absolute atomic E-state index is 0.0772. The van der Waals surface area contributed by atoms with Gasteiger partial charge in [0.15, 0.2) is 5.65 Å². The maximum Gasteiger partial charge on any atom is 0.254 e. The number of carbonyl (C=O) groups excluding carboxylic acids is 3. The number of aromatic nitrogens is 3. The molecule has 0 radical (unpaired) electrons. The van der Waals surface area contributed by atoms with Crippen molar-refractivity contribution in [2.75, 3.05) is 10.6 Å². The molecule has 3 N–H and O–H groups in total. The lowest BCUT2D eigenvalue weighted by atomic mass is 9.76. The van der Waals surface area contributed by atoms with Crippen molar-refractivity contribution < 1.29 is 14.4 Å². The summed E-state index contributed by atoms with van der Waals surface area (Å²) in [5, 5.41) is 14.0. The van der Waals surface area contributed by atoms with Gasteiger partial charge in [-0.2, -0.15) is 9.61 Å². The topological polar surface area (TPSA) is 117 Å². The molecule has 0 spiro atoms. The highest BCUT2D eigenvalue weighted by atomic mass is 16.2. The minimum Gasteiger partial charge on any atom is -0.367 e. The molecule has 0 atom stereocenters. The van der Waals surface area contributed by atoms with Crippen molar-refractivity contribution >= 4 is 41.0 Å². The summed E-state index contributed by atoms with van der Waals surface area (Å²) >= 11 is 0. The van der Waals surface area contributed by atoms with E-state index in [1.54, 1.807) is 16.8 Å². The molecule has 0 bridgehead atoms. The molecule has 2 aromatic rings. The van der Waals surface area contributed by atoms with Crippen molar-refractivity contribution in [1.29, 1.82) is 0 Å². The van der Waals surface area contributed by atoms with Gasteiger partial charge in [0.05, 0.1) is 12.6 Å². The number of Topliss-reactive ketones (excluding diaryl/α,β-unsaturated/α-hetero) is 1. The van der Waals surface area contributed by atoms with Crippen molar-refractivity contribution in [2.45, 2.75) is 82.7 Å². The van der Waals surface area contributed by atoms with Crippen LogP contribution in [0, 0.1) is 11.8 Å². The first-order chi connectivity index (χ1) is 17.0. The minimum atomic E-state index is -0.354. The van der Waals surface area contributed by atoms with Gasteiger partial charge in [-0.15, -0.1) is 0 Å². The average molecular weight is 477 g/mol. The molecule has 4 aliphatic rings. The Kier molecular flexibility index (Phi) is 5.78. The van der Waals surface area contributed by atoms with Crippen LogP contribution in [0.4, 0.5) is 11.6 Å². The predicted molar refractivity (Wildman–Crippen MR) is 132 cm³/mol. The molecule has 9 heteroatoms. The molecular weight excluding hydrogens is 444 g/mol. The Morgan fingerprint density at radius 2 is 1.80 bits per heavy atom. The Morgan fingerprint density at radius 3 is 2.46 bits per heavy atom. The first-order valence-electron chi connectivity index (χ1n) is 13.0. The van der Waals surface area contributed by atoms with E-state index in [0.29, 0.717) is 46.5 Å². The molecule has 3 saturated carbocycles.